The third-order valence-electron chi connectivity index (χ3n) is 5.78. The lowest BCUT2D eigenvalue weighted by molar-refractivity contribution is 0.0744. The number of aryl methyl sites for hydroxylation is 2. The van der Waals surface area contributed by atoms with Crippen molar-refractivity contribution < 1.29 is 13.9 Å². The molecule has 0 radical (unpaired) electrons. The molecule has 7 nitrogen and oxygen atoms in total. The van der Waals surface area contributed by atoms with Gasteiger partial charge in [0.25, 0.3) is 5.91 Å². The number of nitrogens with one attached hydrogen (secondary N) is 1. The monoisotopic (exact) mass is 429 g/mol. The zero-order valence-corrected chi connectivity index (χ0v) is 17.5. The van der Waals surface area contributed by atoms with E-state index in [9.17, 15) is 9.18 Å². The maximum atomic E-state index is 13.8. The van der Waals surface area contributed by atoms with Gasteiger partial charge in [0.05, 0.1) is 40.8 Å². The Morgan fingerprint density at radius 2 is 2.17 bits per heavy atom. The van der Waals surface area contributed by atoms with E-state index in [1.165, 1.54) is 18.2 Å². The van der Waals surface area contributed by atoms with E-state index in [2.05, 4.69) is 15.4 Å². The highest BCUT2D eigenvalue weighted by Gasteiger charge is 2.32. The second kappa shape index (κ2) is 7.21. The molecular weight excluding hydrogens is 409 g/mol. The molecule has 0 spiro atoms. The number of carbonyl (C=O) groups excluding carboxylic acids is 1. The van der Waals surface area contributed by atoms with Gasteiger partial charge >= 0.3 is 0 Å². The van der Waals surface area contributed by atoms with E-state index in [1.54, 1.807) is 9.42 Å². The molecule has 30 heavy (non-hydrogen) atoms. The maximum Gasteiger partial charge on any atom is 0.258 e. The number of hydrogen-bond donors (Lipinski definition) is 1. The molecule has 4 heterocycles. The van der Waals surface area contributed by atoms with Crippen molar-refractivity contribution in [2.75, 3.05) is 13.2 Å². The van der Waals surface area contributed by atoms with Gasteiger partial charge in [-0.25, -0.2) is 13.9 Å². The summed E-state index contributed by atoms with van der Waals surface area (Å²) in [5, 5.41) is 8.43. The molecule has 2 aromatic heterocycles. The van der Waals surface area contributed by atoms with Crippen LogP contribution in [-0.4, -0.2) is 44.6 Å². The van der Waals surface area contributed by atoms with Gasteiger partial charge in [-0.1, -0.05) is 11.6 Å². The Kier molecular flexibility index (Phi) is 4.63. The third kappa shape index (κ3) is 3.11. The summed E-state index contributed by atoms with van der Waals surface area (Å²) in [6.45, 7) is 5.84. The van der Waals surface area contributed by atoms with Crippen LogP contribution in [-0.2, 0) is 13.1 Å². The molecular formula is C21H21ClFN5O2. The van der Waals surface area contributed by atoms with Crippen LogP contribution >= 0.6 is 11.6 Å². The molecule has 1 atom stereocenters. The SMILES string of the molecule is Cc1nc2c3c(nn2c(C)c1Cl)CN(C(=O)c1ccc(F)cc1OC[C@@H]1CCN1)C3. The van der Waals surface area contributed by atoms with E-state index in [1.807, 2.05) is 13.8 Å². The number of fused-ring (bicyclic) bond motifs is 3. The van der Waals surface area contributed by atoms with Crippen LogP contribution in [0.1, 0.15) is 39.4 Å². The van der Waals surface area contributed by atoms with Crippen molar-refractivity contribution >= 4 is 23.2 Å². The van der Waals surface area contributed by atoms with E-state index < -0.39 is 5.82 Å². The minimum absolute atomic E-state index is 0.217. The standard InChI is InChI=1S/C21H21ClFN5O2/c1-11-19(22)12(2)28-20(25-11)16-8-27(9-17(16)26-28)21(29)15-4-3-13(23)7-18(15)30-10-14-5-6-24-14/h3-4,7,14,24H,5-6,8-10H2,1-2H3/t14-/m0/s1. The van der Waals surface area contributed by atoms with Crippen molar-refractivity contribution in [3.05, 3.63) is 57.2 Å². The van der Waals surface area contributed by atoms with Crippen molar-refractivity contribution in [3.8, 4) is 5.75 Å². The summed E-state index contributed by atoms with van der Waals surface area (Å²) in [5.41, 5.74) is 4.32. The quantitative estimate of drug-likeness (QED) is 0.690. The Morgan fingerprint density at radius 1 is 1.37 bits per heavy atom. The fourth-order valence-electron chi connectivity index (χ4n) is 3.90. The number of hydrogen-bond acceptors (Lipinski definition) is 5. The van der Waals surface area contributed by atoms with Crippen molar-refractivity contribution in [2.45, 2.75) is 39.4 Å². The van der Waals surface area contributed by atoms with Crippen LogP contribution in [0.15, 0.2) is 18.2 Å². The topological polar surface area (TPSA) is 71.8 Å². The maximum absolute atomic E-state index is 13.8. The molecule has 2 aliphatic heterocycles. The summed E-state index contributed by atoms with van der Waals surface area (Å²) in [5.74, 6) is -0.383. The molecule has 1 amide bonds. The summed E-state index contributed by atoms with van der Waals surface area (Å²) in [4.78, 5) is 19.5. The molecule has 1 aromatic carbocycles. The number of ether oxygens (including phenoxy) is 1. The lowest BCUT2D eigenvalue weighted by Gasteiger charge is -2.28. The molecule has 0 bridgehead atoms. The molecule has 1 fully saturated rings. The summed E-state index contributed by atoms with van der Waals surface area (Å²) in [6, 6.07) is 4.28. The van der Waals surface area contributed by atoms with Crippen LogP contribution in [0, 0.1) is 19.7 Å². The largest absolute Gasteiger partial charge is 0.491 e. The number of rotatable bonds is 4. The second-order valence-electron chi connectivity index (χ2n) is 7.81. The predicted octanol–water partition coefficient (Wildman–Crippen LogP) is 3.04. The Bertz CT molecular complexity index is 1170. The number of amides is 1. The summed E-state index contributed by atoms with van der Waals surface area (Å²) in [6.07, 6.45) is 1.01. The average molecular weight is 430 g/mol. The smallest absolute Gasteiger partial charge is 0.258 e. The lowest BCUT2D eigenvalue weighted by atomic mass is 10.1. The highest BCUT2D eigenvalue weighted by Crippen LogP contribution is 2.31. The highest BCUT2D eigenvalue weighted by molar-refractivity contribution is 6.31. The van der Waals surface area contributed by atoms with Gasteiger partial charge in [-0.3, -0.25) is 4.79 Å². The van der Waals surface area contributed by atoms with Gasteiger partial charge in [0.15, 0.2) is 5.65 Å². The number of carbonyl (C=O) groups is 1. The Hall–Kier alpha value is -2.71. The van der Waals surface area contributed by atoms with Gasteiger partial charge in [0.2, 0.25) is 0 Å². The van der Waals surface area contributed by atoms with Gasteiger partial charge in [-0.2, -0.15) is 5.10 Å². The van der Waals surface area contributed by atoms with Crippen LogP contribution in [0.5, 0.6) is 5.75 Å². The van der Waals surface area contributed by atoms with Gasteiger partial charge in [0, 0.05) is 17.7 Å². The van der Waals surface area contributed by atoms with E-state index in [-0.39, 0.29) is 17.7 Å². The molecule has 0 aliphatic carbocycles. The number of halogens is 2. The Labute approximate surface area is 177 Å². The zero-order chi connectivity index (χ0) is 21.0. The first kappa shape index (κ1) is 19.3. The molecule has 156 valence electrons. The molecule has 3 aromatic rings. The fraction of sp³-hybridized carbons (Fsp3) is 0.381. The average Bonchev–Trinajstić information content (AvgIpc) is 3.24. The molecule has 0 unspecified atom stereocenters. The van der Waals surface area contributed by atoms with Crippen molar-refractivity contribution in [2.24, 2.45) is 0 Å². The fourth-order valence-corrected chi connectivity index (χ4v) is 4.02. The normalized spacial score (nSPS) is 17.9. The number of nitrogens with zero attached hydrogens (tertiary/aromatic N) is 4. The van der Waals surface area contributed by atoms with Crippen molar-refractivity contribution in [1.29, 1.82) is 0 Å². The van der Waals surface area contributed by atoms with E-state index in [0.29, 0.717) is 35.9 Å². The van der Waals surface area contributed by atoms with E-state index in [4.69, 9.17) is 16.3 Å². The highest BCUT2D eigenvalue weighted by atomic mass is 35.5. The van der Waals surface area contributed by atoms with Crippen LogP contribution < -0.4 is 10.1 Å². The molecule has 0 saturated carbocycles. The first-order chi connectivity index (χ1) is 14.4. The van der Waals surface area contributed by atoms with Crippen LogP contribution in [0.3, 0.4) is 0 Å². The number of aromatic nitrogens is 3. The van der Waals surface area contributed by atoms with E-state index in [0.717, 1.165) is 35.6 Å². The molecule has 9 heteroatoms. The zero-order valence-electron chi connectivity index (χ0n) is 16.7. The minimum atomic E-state index is -0.433. The predicted molar refractivity (Wildman–Crippen MR) is 109 cm³/mol. The Morgan fingerprint density at radius 3 is 2.90 bits per heavy atom. The van der Waals surface area contributed by atoms with Crippen molar-refractivity contribution in [1.82, 2.24) is 24.8 Å². The molecule has 2 aliphatic rings. The van der Waals surface area contributed by atoms with Gasteiger partial charge in [-0.05, 0) is 38.9 Å². The first-order valence-corrected chi connectivity index (χ1v) is 10.3. The molecule has 5 rings (SSSR count). The van der Waals surface area contributed by atoms with Crippen LogP contribution in [0.2, 0.25) is 5.02 Å². The first-order valence-electron chi connectivity index (χ1n) is 9.90. The van der Waals surface area contributed by atoms with Gasteiger partial charge < -0.3 is 15.0 Å². The van der Waals surface area contributed by atoms with Gasteiger partial charge in [-0.15, -0.1) is 0 Å². The summed E-state index contributed by atoms with van der Waals surface area (Å²) < 4.78 is 21.3. The van der Waals surface area contributed by atoms with Crippen LogP contribution in [0.4, 0.5) is 4.39 Å². The minimum Gasteiger partial charge on any atom is -0.491 e. The summed E-state index contributed by atoms with van der Waals surface area (Å²) in [7, 11) is 0. The van der Waals surface area contributed by atoms with Gasteiger partial charge in [0.1, 0.15) is 18.2 Å². The lowest BCUT2D eigenvalue weighted by Crippen LogP contribution is -2.46. The van der Waals surface area contributed by atoms with E-state index >= 15 is 0 Å². The van der Waals surface area contributed by atoms with Crippen molar-refractivity contribution in [3.63, 3.8) is 0 Å². The molecule has 1 N–H and O–H groups in total. The van der Waals surface area contributed by atoms with Crippen LogP contribution in [0.25, 0.3) is 5.65 Å². The molecule has 1 saturated heterocycles. The Balaban J connectivity index is 1.42. The third-order valence-corrected chi connectivity index (χ3v) is 6.33. The summed E-state index contributed by atoms with van der Waals surface area (Å²) >= 11 is 6.30. The second-order valence-corrected chi connectivity index (χ2v) is 8.19. The number of benzene rings is 1.